The van der Waals surface area contributed by atoms with Gasteiger partial charge in [0, 0.05) is 25.6 Å². The molecule has 2 aromatic rings. The van der Waals surface area contributed by atoms with Gasteiger partial charge in [-0.2, -0.15) is 0 Å². The normalized spacial score (nSPS) is 13.1. The fourth-order valence-corrected chi connectivity index (χ4v) is 6.69. The van der Waals surface area contributed by atoms with E-state index in [4.69, 9.17) is 39.3 Å². The summed E-state index contributed by atoms with van der Waals surface area (Å²) < 4.78 is 33.3. The first-order valence-corrected chi connectivity index (χ1v) is 20.9. The predicted octanol–water partition coefficient (Wildman–Crippen LogP) is 3.51. The number of ether oxygens (including phenoxy) is 6. The van der Waals surface area contributed by atoms with Crippen LogP contribution in [0.1, 0.15) is 70.4 Å². The van der Waals surface area contributed by atoms with Crippen molar-refractivity contribution in [2.75, 3.05) is 85.7 Å². The van der Waals surface area contributed by atoms with E-state index in [1.807, 2.05) is 13.8 Å². The molecule has 8 N–H and O–H groups in total. The van der Waals surface area contributed by atoms with Crippen LogP contribution in [0, 0.1) is 5.92 Å². The Bertz CT molecular complexity index is 1620. The molecule has 0 fully saturated rings. The van der Waals surface area contributed by atoms with Crippen LogP contribution in [0.2, 0.25) is 0 Å². The lowest BCUT2D eigenvalue weighted by Gasteiger charge is -2.27. The quantitative estimate of drug-likeness (QED) is 0.0539. The molecule has 0 aliphatic heterocycles. The molecule has 0 spiro atoms. The number of fused-ring (bicyclic) bond motifs is 3. The SMILES string of the molecule is CC(C)[C@H](NC(=O)O)C(=O)N[C@@H](CCCNC(N)=O)C(=O)NCCOCCOCCOCCOCCOCCNC(=O)OC(C)(C)CCC1c2ccccc2-c2ccccc21. The summed E-state index contributed by atoms with van der Waals surface area (Å²) in [5.74, 6) is -1.20. The lowest BCUT2D eigenvalue weighted by Crippen LogP contribution is -2.55. The minimum Gasteiger partial charge on any atom is -0.465 e. The van der Waals surface area contributed by atoms with Crippen LogP contribution in [-0.2, 0) is 38.0 Å². The summed E-state index contributed by atoms with van der Waals surface area (Å²) in [5, 5.41) is 21.7. The first-order chi connectivity index (χ1) is 29.3. The van der Waals surface area contributed by atoms with Gasteiger partial charge in [0.1, 0.15) is 17.7 Å². The van der Waals surface area contributed by atoms with E-state index in [1.165, 1.54) is 22.3 Å². The van der Waals surface area contributed by atoms with Crippen molar-refractivity contribution in [3.8, 4) is 11.1 Å². The lowest BCUT2D eigenvalue weighted by molar-refractivity contribution is -0.130. The van der Waals surface area contributed by atoms with Crippen LogP contribution in [0.3, 0.4) is 0 Å². The number of benzene rings is 2. The Morgan fingerprint density at radius 1 is 0.672 bits per heavy atom. The van der Waals surface area contributed by atoms with E-state index in [1.54, 1.807) is 13.8 Å². The Labute approximate surface area is 358 Å². The largest absolute Gasteiger partial charge is 0.465 e. The fraction of sp³-hybridized carbons (Fsp3) is 0.605. The molecule has 1 aliphatic carbocycles. The highest BCUT2D eigenvalue weighted by atomic mass is 16.6. The van der Waals surface area contributed by atoms with E-state index in [-0.39, 0.29) is 44.6 Å². The molecule has 0 aromatic heterocycles. The van der Waals surface area contributed by atoms with E-state index >= 15 is 0 Å². The van der Waals surface area contributed by atoms with Gasteiger partial charge in [0.25, 0.3) is 0 Å². The number of carboxylic acid groups (broad SMARTS) is 1. The number of urea groups is 1. The Kier molecular flexibility index (Phi) is 22.9. The molecule has 18 heteroatoms. The van der Waals surface area contributed by atoms with E-state index in [0.29, 0.717) is 72.2 Å². The number of nitrogens with one attached hydrogen (secondary N) is 5. The Morgan fingerprint density at radius 2 is 1.16 bits per heavy atom. The molecule has 340 valence electrons. The van der Waals surface area contributed by atoms with E-state index in [9.17, 15) is 24.0 Å². The first kappa shape index (κ1) is 50.3. The van der Waals surface area contributed by atoms with Crippen molar-refractivity contribution in [1.29, 1.82) is 0 Å². The topological polar surface area (TPSA) is 247 Å². The van der Waals surface area contributed by atoms with Gasteiger partial charge in [-0.3, -0.25) is 9.59 Å². The molecule has 2 atom stereocenters. The van der Waals surface area contributed by atoms with E-state index in [0.717, 1.165) is 6.42 Å². The number of hydrogen-bond donors (Lipinski definition) is 7. The predicted molar refractivity (Wildman–Crippen MR) is 227 cm³/mol. The zero-order chi connectivity index (χ0) is 44.5. The Morgan fingerprint density at radius 3 is 1.66 bits per heavy atom. The van der Waals surface area contributed by atoms with Gasteiger partial charge >= 0.3 is 18.2 Å². The highest BCUT2D eigenvalue weighted by Gasteiger charge is 2.32. The minimum absolute atomic E-state index is 0.164. The monoisotopic (exact) mass is 858 g/mol. The number of primary amides is 1. The van der Waals surface area contributed by atoms with Crippen LogP contribution < -0.4 is 32.3 Å². The summed E-state index contributed by atoms with van der Waals surface area (Å²) in [6.07, 6.45) is 0.281. The van der Waals surface area contributed by atoms with Gasteiger partial charge in [-0.25, -0.2) is 14.4 Å². The zero-order valence-corrected chi connectivity index (χ0v) is 36.0. The Hall–Kier alpha value is -5.01. The van der Waals surface area contributed by atoms with Crippen molar-refractivity contribution in [2.45, 2.75) is 77.0 Å². The third-order valence-electron chi connectivity index (χ3n) is 9.75. The maximum Gasteiger partial charge on any atom is 0.407 e. The van der Waals surface area contributed by atoms with Gasteiger partial charge in [0.05, 0.1) is 66.1 Å². The molecular weight excluding hydrogens is 793 g/mol. The van der Waals surface area contributed by atoms with Crippen LogP contribution in [0.5, 0.6) is 0 Å². The second kappa shape index (κ2) is 27.8. The van der Waals surface area contributed by atoms with Crippen molar-refractivity contribution in [1.82, 2.24) is 26.6 Å². The first-order valence-electron chi connectivity index (χ1n) is 20.9. The molecule has 0 heterocycles. The average Bonchev–Trinajstić information content (AvgIpc) is 3.54. The lowest BCUT2D eigenvalue weighted by atomic mass is 9.88. The average molecular weight is 859 g/mol. The second-order valence-electron chi connectivity index (χ2n) is 15.4. The van der Waals surface area contributed by atoms with Gasteiger partial charge in [-0.05, 0) is 67.7 Å². The smallest absolute Gasteiger partial charge is 0.407 e. The number of amides is 6. The van der Waals surface area contributed by atoms with Crippen molar-refractivity contribution in [3.05, 3.63) is 59.7 Å². The third-order valence-corrected chi connectivity index (χ3v) is 9.75. The molecule has 18 nitrogen and oxygen atoms in total. The number of carbonyl (C=O) groups excluding carboxylic acids is 4. The van der Waals surface area contributed by atoms with Crippen molar-refractivity contribution in [2.24, 2.45) is 11.7 Å². The molecular formula is C43H66N6O12. The van der Waals surface area contributed by atoms with Crippen LogP contribution in [0.25, 0.3) is 11.1 Å². The molecule has 0 unspecified atom stereocenters. The van der Waals surface area contributed by atoms with Crippen molar-refractivity contribution < 1.29 is 57.5 Å². The highest BCUT2D eigenvalue weighted by molar-refractivity contribution is 5.91. The van der Waals surface area contributed by atoms with Crippen LogP contribution in [-0.4, -0.2) is 139 Å². The molecule has 2 aromatic carbocycles. The number of nitrogens with two attached hydrogens (primary N) is 1. The number of alkyl carbamates (subject to hydrolysis) is 1. The van der Waals surface area contributed by atoms with Crippen molar-refractivity contribution in [3.63, 3.8) is 0 Å². The van der Waals surface area contributed by atoms with Crippen molar-refractivity contribution >= 4 is 30.0 Å². The second-order valence-corrected chi connectivity index (χ2v) is 15.4. The van der Waals surface area contributed by atoms with Gasteiger partial charge in [-0.1, -0.05) is 62.4 Å². The summed E-state index contributed by atoms with van der Waals surface area (Å²) in [7, 11) is 0. The summed E-state index contributed by atoms with van der Waals surface area (Å²) in [6.45, 7) is 11.3. The molecule has 0 saturated heterocycles. The number of rotatable bonds is 31. The molecule has 1 aliphatic rings. The molecule has 0 radical (unpaired) electrons. The van der Waals surface area contributed by atoms with E-state index < -0.39 is 47.7 Å². The van der Waals surface area contributed by atoms with Gasteiger partial charge in [0.15, 0.2) is 0 Å². The van der Waals surface area contributed by atoms with Gasteiger partial charge in [-0.15, -0.1) is 0 Å². The van der Waals surface area contributed by atoms with Crippen LogP contribution >= 0.6 is 0 Å². The van der Waals surface area contributed by atoms with Gasteiger partial charge < -0.3 is 65.8 Å². The van der Waals surface area contributed by atoms with E-state index in [2.05, 4.69) is 75.1 Å². The summed E-state index contributed by atoms with van der Waals surface area (Å²) in [4.78, 5) is 60.2. The summed E-state index contributed by atoms with van der Waals surface area (Å²) >= 11 is 0. The van der Waals surface area contributed by atoms with Crippen LogP contribution in [0.4, 0.5) is 14.4 Å². The maximum absolute atomic E-state index is 12.8. The third kappa shape index (κ3) is 19.5. The highest BCUT2D eigenvalue weighted by Crippen LogP contribution is 2.47. The number of hydrogen-bond acceptors (Lipinski definition) is 11. The Balaban J connectivity index is 1.13. The van der Waals surface area contributed by atoms with Crippen LogP contribution in [0.15, 0.2) is 48.5 Å². The maximum atomic E-state index is 12.8. The zero-order valence-electron chi connectivity index (χ0n) is 36.0. The molecule has 3 rings (SSSR count). The minimum atomic E-state index is -1.36. The summed E-state index contributed by atoms with van der Waals surface area (Å²) in [5.41, 5.74) is 9.66. The molecule has 0 bridgehead atoms. The molecule has 0 saturated carbocycles. The van der Waals surface area contributed by atoms with Gasteiger partial charge in [0.2, 0.25) is 11.8 Å². The summed E-state index contributed by atoms with van der Waals surface area (Å²) in [6, 6.07) is 14.3. The number of carbonyl (C=O) groups is 5. The molecule has 61 heavy (non-hydrogen) atoms. The standard InChI is InChI=1S/C43H66N6O12/c1-30(2)37(49-41(53)54)39(51)48-36(14-9-17-46-40(44)52)38(50)45-18-20-56-22-24-58-26-28-60-29-27-59-25-23-57-21-19-47-42(55)61-43(3,4)16-15-35-33-12-7-5-10-31(33)32-11-6-8-13-34(32)35/h5-8,10-13,30,35-37,49H,9,14-29H2,1-4H3,(H,45,50)(H,47,55)(H,48,51)(H,53,54)(H3,44,46,52)/t36-,37-/m0/s1. The molecule has 6 amide bonds. The fourth-order valence-electron chi connectivity index (χ4n) is 6.69.